The topological polar surface area (TPSA) is 64.3 Å². The average Bonchev–Trinajstić information content (AvgIpc) is 3.11. The van der Waals surface area contributed by atoms with Crippen molar-refractivity contribution in [2.75, 3.05) is 25.1 Å². The molecule has 1 aromatic carbocycles. The quantitative estimate of drug-likeness (QED) is 0.712. The Labute approximate surface area is 159 Å². The number of nitrogens with zero attached hydrogens (tertiary/aromatic N) is 4. The van der Waals surface area contributed by atoms with Crippen LogP contribution in [0.15, 0.2) is 36.4 Å². The summed E-state index contributed by atoms with van der Waals surface area (Å²) in [4.78, 5) is 0. The Morgan fingerprint density at radius 3 is 2.56 bits per heavy atom. The van der Waals surface area contributed by atoms with E-state index >= 15 is 0 Å². The molecule has 0 aliphatic carbocycles. The van der Waals surface area contributed by atoms with Crippen LogP contribution in [0.2, 0.25) is 5.02 Å². The number of aromatic nitrogens is 4. The van der Waals surface area contributed by atoms with Crippen LogP contribution >= 0.6 is 11.6 Å². The van der Waals surface area contributed by atoms with Crippen molar-refractivity contribution in [1.82, 2.24) is 19.8 Å². The summed E-state index contributed by atoms with van der Waals surface area (Å²) in [5.74, 6) is 0.0242. The maximum Gasteiger partial charge on any atom is 0.299 e. The van der Waals surface area contributed by atoms with Crippen molar-refractivity contribution in [2.45, 2.75) is 24.7 Å². The summed E-state index contributed by atoms with van der Waals surface area (Å²) in [5, 5.41) is 15.4. The van der Waals surface area contributed by atoms with Gasteiger partial charge in [0.1, 0.15) is 5.82 Å². The van der Waals surface area contributed by atoms with Crippen molar-refractivity contribution < 1.29 is 13.5 Å². The molecule has 2 aromatic heterocycles. The number of nitrogens with one attached hydrogen (secondary N) is 1. The summed E-state index contributed by atoms with van der Waals surface area (Å²) in [7, 11) is 0. The minimum atomic E-state index is -2.74. The zero-order chi connectivity index (χ0) is 18.9. The molecule has 0 amide bonds. The van der Waals surface area contributed by atoms with Gasteiger partial charge in [-0.1, -0.05) is 23.7 Å². The molecule has 0 saturated carbocycles. The number of fused-ring (bicyclic) bond motifs is 1. The van der Waals surface area contributed by atoms with Crippen LogP contribution in [-0.4, -0.2) is 39.6 Å². The Morgan fingerprint density at radius 1 is 1.11 bits per heavy atom. The lowest BCUT2D eigenvalue weighted by Crippen LogP contribution is -2.40. The van der Waals surface area contributed by atoms with Gasteiger partial charge in [-0.05, 0) is 42.7 Å². The minimum Gasteiger partial charge on any atom is -0.381 e. The van der Waals surface area contributed by atoms with Crippen molar-refractivity contribution in [1.29, 1.82) is 0 Å². The first-order valence-corrected chi connectivity index (χ1v) is 9.03. The monoisotopic (exact) mass is 393 g/mol. The first-order chi connectivity index (χ1) is 13.1. The van der Waals surface area contributed by atoms with Crippen LogP contribution in [0.3, 0.4) is 0 Å². The third-order valence-corrected chi connectivity index (χ3v) is 5.25. The van der Waals surface area contributed by atoms with E-state index < -0.39 is 12.2 Å². The summed E-state index contributed by atoms with van der Waals surface area (Å²) in [5.41, 5.74) is 1.31. The molecule has 0 atom stereocenters. The Bertz CT molecular complexity index is 925. The van der Waals surface area contributed by atoms with Crippen molar-refractivity contribution in [3.8, 4) is 0 Å². The van der Waals surface area contributed by atoms with Gasteiger partial charge in [0.05, 0.1) is 0 Å². The van der Waals surface area contributed by atoms with Gasteiger partial charge in [-0.15, -0.1) is 15.3 Å². The smallest absolute Gasteiger partial charge is 0.299 e. The van der Waals surface area contributed by atoms with Crippen molar-refractivity contribution in [3.63, 3.8) is 0 Å². The van der Waals surface area contributed by atoms with Gasteiger partial charge in [0, 0.05) is 30.2 Å². The third kappa shape index (κ3) is 3.59. The molecule has 4 rings (SSSR count). The van der Waals surface area contributed by atoms with Crippen LogP contribution in [0.4, 0.5) is 14.6 Å². The van der Waals surface area contributed by atoms with Crippen LogP contribution in [0.25, 0.3) is 5.65 Å². The van der Waals surface area contributed by atoms with E-state index in [1.54, 1.807) is 12.1 Å². The van der Waals surface area contributed by atoms with Crippen LogP contribution in [0, 0.1) is 0 Å². The van der Waals surface area contributed by atoms with E-state index in [1.165, 1.54) is 5.56 Å². The van der Waals surface area contributed by atoms with Gasteiger partial charge in [-0.3, -0.25) is 0 Å². The number of alkyl halides is 2. The van der Waals surface area contributed by atoms with E-state index in [0.717, 1.165) is 17.4 Å². The number of halogens is 3. The summed E-state index contributed by atoms with van der Waals surface area (Å²) in [6, 6.07) is 11.2. The van der Waals surface area contributed by atoms with Crippen LogP contribution in [0.5, 0.6) is 0 Å². The molecule has 1 fully saturated rings. The zero-order valence-corrected chi connectivity index (χ0v) is 15.2. The van der Waals surface area contributed by atoms with Gasteiger partial charge in [-0.2, -0.15) is 4.52 Å². The molecule has 0 radical (unpaired) electrons. The molecule has 1 N–H and O–H groups in total. The maximum absolute atomic E-state index is 13.0. The second-order valence-corrected chi connectivity index (χ2v) is 7.04. The van der Waals surface area contributed by atoms with E-state index in [-0.39, 0.29) is 11.1 Å². The van der Waals surface area contributed by atoms with Gasteiger partial charge in [0.15, 0.2) is 5.65 Å². The molecule has 0 bridgehead atoms. The van der Waals surface area contributed by atoms with Crippen LogP contribution in [0.1, 0.15) is 30.7 Å². The molecule has 1 aliphatic heterocycles. The molecule has 0 spiro atoms. The summed E-state index contributed by atoms with van der Waals surface area (Å²) in [6.07, 6.45) is -1.05. The highest BCUT2D eigenvalue weighted by molar-refractivity contribution is 6.30. The fourth-order valence-corrected chi connectivity index (χ4v) is 3.55. The third-order valence-electron chi connectivity index (χ3n) is 5.00. The molecular formula is C18H18ClF2N5O. The summed E-state index contributed by atoms with van der Waals surface area (Å²) in [6.45, 7) is 1.93. The second kappa shape index (κ2) is 7.36. The molecule has 27 heavy (non-hydrogen) atoms. The number of anilines is 1. The maximum atomic E-state index is 13.0. The van der Waals surface area contributed by atoms with E-state index in [1.807, 2.05) is 24.3 Å². The highest BCUT2D eigenvalue weighted by Crippen LogP contribution is 2.35. The summed E-state index contributed by atoms with van der Waals surface area (Å²) >= 11 is 6.03. The fraction of sp³-hybridized carbons (Fsp3) is 0.389. The lowest BCUT2D eigenvalue weighted by molar-refractivity contribution is 0.0543. The van der Waals surface area contributed by atoms with E-state index in [0.29, 0.717) is 30.6 Å². The molecule has 0 unspecified atom stereocenters. The van der Waals surface area contributed by atoms with Crippen molar-refractivity contribution in [3.05, 3.63) is 52.8 Å². The Hall–Kier alpha value is -2.32. The molecular weight excluding hydrogens is 376 g/mol. The zero-order valence-electron chi connectivity index (χ0n) is 14.4. The van der Waals surface area contributed by atoms with Gasteiger partial charge in [0.25, 0.3) is 6.43 Å². The normalized spacial score (nSPS) is 16.7. The predicted molar refractivity (Wildman–Crippen MR) is 97.4 cm³/mol. The molecule has 1 aliphatic rings. The molecule has 6 nitrogen and oxygen atoms in total. The largest absolute Gasteiger partial charge is 0.381 e. The van der Waals surface area contributed by atoms with E-state index in [9.17, 15) is 8.78 Å². The summed E-state index contributed by atoms with van der Waals surface area (Å²) < 4.78 is 32.7. The number of hydrogen-bond acceptors (Lipinski definition) is 5. The Balaban J connectivity index is 1.60. The molecule has 3 heterocycles. The first-order valence-electron chi connectivity index (χ1n) is 8.66. The van der Waals surface area contributed by atoms with Crippen LogP contribution in [-0.2, 0) is 10.2 Å². The highest BCUT2D eigenvalue weighted by atomic mass is 35.5. The van der Waals surface area contributed by atoms with Gasteiger partial charge in [-0.25, -0.2) is 8.78 Å². The number of hydrogen-bond donors (Lipinski definition) is 1. The highest BCUT2D eigenvalue weighted by Gasteiger charge is 2.34. The first kappa shape index (κ1) is 18.1. The van der Waals surface area contributed by atoms with Gasteiger partial charge in [0.2, 0.25) is 5.82 Å². The lowest BCUT2D eigenvalue weighted by Gasteiger charge is -2.38. The number of benzene rings is 1. The van der Waals surface area contributed by atoms with Crippen LogP contribution < -0.4 is 5.32 Å². The fourth-order valence-electron chi connectivity index (χ4n) is 3.43. The second-order valence-electron chi connectivity index (χ2n) is 6.60. The van der Waals surface area contributed by atoms with E-state index in [4.69, 9.17) is 16.3 Å². The molecule has 9 heteroatoms. The predicted octanol–water partition coefficient (Wildman–Crippen LogP) is 3.88. The standard InChI is InChI=1S/C18H18ClF2N5O/c19-13-3-1-12(2-4-13)18(7-9-27-10-8-18)11-22-14-5-6-15-23-24-17(16(20)21)26(15)25-14/h1-6,16H,7-11H2,(H,22,25). The van der Waals surface area contributed by atoms with E-state index in [2.05, 4.69) is 20.6 Å². The number of rotatable bonds is 5. The van der Waals surface area contributed by atoms with Gasteiger partial charge < -0.3 is 10.1 Å². The lowest BCUT2D eigenvalue weighted by atomic mass is 9.74. The Morgan fingerprint density at radius 2 is 1.85 bits per heavy atom. The molecule has 3 aromatic rings. The van der Waals surface area contributed by atoms with Crippen molar-refractivity contribution >= 4 is 23.1 Å². The molecule has 1 saturated heterocycles. The van der Waals surface area contributed by atoms with Crippen molar-refractivity contribution in [2.24, 2.45) is 0 Å². The minimum absolute atomic E-state index is 0.141. The SMILES string of the molecule is FC(F)c1nnc2ccc(NCC3(c4ccc(Cl)cc4)CCOCC3)nn12. The Kier molecular flexibility index (Phi) is 4.92. The van der Waals surface area contributed by atoms with Gasteiger partial charge >= 0.3 is 0 Å². The number of ether oxygens (including phenoxy) is 1. The molecule has 142 valence electrons. The average molecular weight is 394 g/mol.